The smallest absolute Gasteiger partial charge is 0.238 e. The van der Waals surface area contributed by atoms with Crippen molar-refractivity contribution in [1.29, 1.82) is 0 Å². The quantitative estimate of drug-likeness (QED) is 0.721. The summed E-state index contributed by atoms with van der Waals surface area (Å²) < 4.78 is 0.886. The lowest BCUT2D eigenvalue weighted by molar-refractivity contribution is -0.130. The fraction of sp³-hybridized carbons (Fsp3) is 0.471. The minimum absolute atomic E-state index is 0.0915. The zero-order valence-corrected chi connectivity index (χ0v) is 14.4. The van der Waals surface area contributed by atoms with Gasteiger partial charge in [0.2, 0.25) is 11.8 Å². The lowest BCUT2D eigenvalue weighted by Gasteiger charge is -2.20. The number of imide groups is 1. The summed E-state index contributed by atoms with van der Waals surface area (Å²) in [7, 11) is 0. The van der Waals surface area contributed by atoms with Crippen LogP contribution in [0.3, 0.4) is 0 Å². The lowest BCUT2D eigenvalue weighted by atomic mass is 9.84. The van der Waals surface area contributed by atoms with Crippen LogP contribution >= 0.6 is 15.9 Å². The molecule has 2 atom stereocenters. The molecule has 0 aliphatic carbocycles. The molecule has 2 amide bonds. The van der Waals surface area contributed by atoms with Crippen LogP contribution in [-0.4, -0.2) is 17.6 Å². The molecule has 1 aromatic rings. The van der Waals surface area contributed by atoms with Crippen LogP contribution in [0.5, 0.6) is 0 Å². The molecule has 0 aromatic heterocycles. The van der Waals surface area contributed by atoms with Crippen molar-refractivity contribution in [3.63, 3.8) is 0 Å². The van der Waals surface area contributed by atoms with E-state index in [0.717, 1.165) is 10.9 Å². The maximum absolute atomic E-state index is 12.7. The van der Waals surface area contributed by atoms with Gasteiger partial charge in [-0.25, -0.2) is 0 Å². The van der Waals surface area contributed by atoms with Gasteiger partial charge >= 0.3 is 0 Å². The average Bonchev–Trinajstić information content (AvgIpc) is 2.77. The van der Waals surface area contributed by atoms with Crippen LogP contribution in [-0.2, 0) is 14.4 Å². The van der Waals surface area contributed by atoms with Crippen molar-refractivity contribution in [3.05, 3.63) is 28.7 Å². The third-order valence-electron chi connectivity index (χ3n) is 4.10. The summed E-state index contributed by atoms with van der Waals surface area (Å²) in [6.45, 7) is 3.85. The Balaban J connectivity index is 2.24. The number of rotatable bonds is 6. The van der Waals surface area contributed by atoms with Crippen LogP contribution < -0.4 is 4.90 Å². The minimum atomic E-state index is -0.514. The summed E-state index contributed by atoms with van der Waals surface area (Å²) in [6.07, 6.45) is 1.95. The highest BCUT2D eigenvalue weighted by Crippen LogP contribution is 2.33. The van der Waals surface area contributed by atoms with Crippen molar-refractivity contribution < 1.29 is 14.4 Å². The van der Waals surface area contributed by atoms with Gasteiger partial charge in [0.15, 0.2) is 0 Å². The highest BCUT2D eigenvalue weighted by Gasteiger charge is 2.44. The van der Waals surface area contributed by atoms with Crippen LogP contribution in [0.4, 0.5) is 5.69 Å². The van der Waals surface area contributed by atoms with E-state index in [0.29, 0.717) is 18.5 Å². The molecule has 1 fully saturated rings. The summed E-state index contributed by atoms with van der Waals surface area (Å²) >= 11 is 3.33. The molecular weight excluding hydrogens is 346 g/mol. The van der Waals surface area contributed by atoms with E-state index in [4.69, 9.17) is 0 Å². The Labute approximate surface area is 139 Å². The number of nitrogens with zero attached hydrogens (tertiary/aromatic N) is 1. The third-order valence-corrected chi connectivity index (χ3v) is 4.63. The first-order valence-corrected chi connectivity index (χ1v) is 8.44. The van der Waals surface area contributed by atoms with Gasteiger partial charge in [-0.3, -0.25) is 19.3 Å². The number of carbonyl (C=O) groups is 3. The largest absolute Gasteiger partial charge is 0.299 e. The molecule has 0 spiro atoms. The minimum Gasteiger partial charge on any atom is -0.299 e. The van der Waals surface area contributed by atoms with E-state index >= 15 is 0 Å². The second-order valence-corrected chi connectivity index (χ2v) is 6.50. The van der Waals surface area contributed by atoms with Crippen molar-refractivity contribution in [2.75, 3.05) is 4.90 Å². The Morgan fingerprint density at radius 3 is 2.45 bits per heavy atom. The fourth-order valence-corrected chi connectivity index (χ4v) is 3.26. The van der Waals surface area contributed by atoms with Crippen LogP contribution in [0.25, 0.3) is 0 Å². The van der Waals surface area contributed by atoms with Crippen molar-refractivity contribution in [2.45, 2.75) is 39.5 Å². The molecule has 1 aromatic carbocycles. The predicted octanol–water partition coefficient (Wildman–Crippen LogP) is 3.72. The van der Waals surface area contributed by atoms with E-state index in [1.54, 1.807) is 24.3 Å². The number of carbonyl (C=O) groups excluding carboxylic acids is 3. The van der Waals surface area contributed by atoms with E-state index in [9.17, 15) is 14.4 Å². The van der Waals surface area contributed by atoms with E-state index in [1.807, 2.05) is 13.8 Å². The molecule has 0 saturated carbocycles. The van der Waals surface area contributed by atoms with Gasteiger partial charge in [-0.2, -0.15) is 0 Å². The molecule has 0 radical (unpaired) electrons. The normalized spacial score (nSPS) is 19.6. The number of Topliss-reactive ketones (excluding diaryl/α,β-unsaturated/α-hetero) is 1. The molecule has 1 heterocycles. The van der Waals surface area contributed by atoms with Gasteiger partial charge in [-0.05, 0) is 37.1 Å². The molecule has 4 nitrogen and oxygen atoms in total. The molecule has 1 aliphatic rings. The SMILES string of the molecule is CCCC(=O)C(CC)C1CC(=O)N(c2ccc(Br)cc2)C1=O. The summed E-state index contributed by atoms with van der Waals surface area (Å²) in [6, 6.07) is 7.06. The summed E-state index contributed by atoms with van der Waals surface area (Å²) in [5.41, 5.74) is 0.568. The van der Waals surface area contributed by atoms with Gasteiger partial charge in [0.25, 0.3) is 0 Å². The fourth-order valence-electron chi connectivity index (χ4n) is 3.00. The Morgan fingerprint density at radius 2 is 1.91 bits per heavy atom. The zero-order chi connectivity index (χ0) is 16.3. The Bertz CT molecular complexity index is 582. The molecule has 2 unspecified atom stereocenters. The average molecular weight is 366 g/mol. The number of anilines is 1. The first-order chi connectivity index (χ1) is 10.5. The maximum atomic E-state index is 12.7. The number of ketones is 1. The summed E-state index contributed by atoms with van der Waals surface area (Å²) in [5, 5.41) is 0. The number of halogens is 1. The lowest BCUT2D eigenvalue weighted by Crippen LogP contribution is -2.34. The predicted molar refractivity (Wildman–Crippen MR) is 88.4 cm³/mol. The molecule has 1 aliphatic heterocycles. The van der Waals surface area contributed by atoms with Crippen molar-refractivity contribution in [3.8, 4) is 0 Å². The van der Waals surface area contributed by atoms with Crippen LogP contribution in [0, 0.1) is 11.8 Å². The van der Waals surface area contributed by atoms with Crippen molar-refractivity contribution in [2.24, 2.45) is 11.8 Å². The Hall–Kier alpha value is -1.49. The molecule has 2 rings (SSSR count). The zero-order valence-electron chi connectivity index (χ0n) is 12.8. The van der Waals surface area contributed by atoms with Gasteiger partial charge in [0.1, 0.15) is 5.78 Å². The van der Waals surface area contributed by atoms with Crippen LogP contribution in [0.1, 0.15) is 39.5 Å². The summed E-state index contributed by atoms with van der Waals surface area (Å²) in [4.78, 5) is 38.3. The van der Waals surface area contributed by atoms with Gasteiger partial charge in [0.05, 0.1) is 11.6 Å². The van der Waals surface area contributed by atoms with Crippen molar-refractivity contribution in [1.82, 2.24) is 0 Å². The molecular formula is C17H20BrNO3. The number of amides is 2. The van der Waals surface area contributed by atoms with E-state index < -0.39 is 5.92 Å². The molecule has 0 bridgehead atoms. The molecule has 1 saturated heterocycles. The number of benzene rings is 1. The Kier molecular flexibility index (Phi) is 5.51. The van der Waals surface area contributed by atoms with Gasteiger partial charge < -0.3 is 0 Å². The maximum Gasteiger partial charge on any atom is 0.238 e. The number of hydrogen-bond acceptors (Lipinski definition) is 3. The van der Waals surface area contributed by atoms with Gasteiger partial charge in [-0.15, -0.1) is 0 Å². The molecule has 118 valence electrons. The molecule has 0 N–H and O–H groups in total. The van der Waals surface area contributed by atoms with Gasteiger partial charge in [-0.1, -0.05) is 29.8 Å². The second-order valence-electron chi connectivity index (χ2n) is 5.59. The molecule has 5 heteroatoms. The van der Waals surface area contributed by atoms with Gasteiger partial charge in [0, 0.05) is 23.2 Å². The third kappa shape index (κ3) is 3.29. The van der Waals surface area contributed by atoms with E-state index in [-0.39, 0.29) is 29.9 Å². The molecule has 22 heavy (non-hydrogen) atoms. The van der Waals surface area contributed by atoms with E-state index in [1.165, 1.54) is 4.90 Å². The summed E-state index contributed by atoms with van der Waals surface area (Å²) in [5.74, 6) is -1.24. The van der Waals surface area contributed by atoms with Crippen molar-refractivity contribution >= 4 is 39.2 Å². The first kappa shape index (κ1) is 16.9. The second kappa shape index (κ2) is 7.18. The van der Waals surface area contributed by atoms with E-state index in [2.05, 4.69) is 15.9 Å². The van der Waals surface area contributed by atoms with Crippen LogP contribution in [0.2, 0.25) is 0 Å². The van der Waals surface area contributed by atoms with Crippen LogP contribution in [0.15, 0.2) is 28.7 Å². The Morgan fingerprint density at radius 1 is 1.27 bits per heavy atom. The topological polar surface area (TPSA) is 54.5 Å². The highest BCUT2D eigenvalue weighted by molar-refractivity contribution is 9.10. The standard InChI is InChI=1S/C17H20BrNO3/c1-3-5-15(20)13(4-2)14-10-16(21)19(17(14)22)12-8-6-11(18)7-9-12/h6-9,13-14H,3-5,10H2,1-2H3. The monoisotopic (exact) mass is 365 g/mol. The highest BCUT2D eigenvalue weighted by atomic mass is 79.9. The first-order valence-electron chi connectivity index (χ1n) is 7.64. The number of hydrogen-bond donors (Lipinski definition) is 0.